The van der Waals surface area contributed by atoms with E-state index in [1.807, 2.05) is 35.2 Å². The maximum absolute atomic E-state index is 12.0. The molecule has 0 saturated carbocycles. The average molecular weight is 496 g/mol. The molecule has 11 heteroatoms. The molecule has 0 N–H and O–H groups in total. The highest BCUT2D eigenvalue weighted by Gasteiger charge is 2.48. The van der Waals surface area contributed by atoms with Crippen molar-refractivity contribution in [3.8, 4) is 0 Å². The lowest BCUT2D eigenvalue weighted by Crippen LogP contribution is -2.53. The zero-order valence-electron chi connectivity index (χ0n) is 19.7. The summed E-state index contributed by atoms with van der Waals surface area (Å²) in [5.74, 6) is -2.73. The lowest BCUT2D eigenvalue weighted by atomic mass is 10.0. The van der Waals surface area contributed by atoms with Crippen LogP contribution in [0.5, 0.6) is 0 Å². The van der Waals surface area contributed by atoms with E-state index in [1.54, 1.807) is 6.92 Å². The number of hydrogen-bond donors (Lipinski definition) is 0. The molecule has 2 rings (SSSR count). The monoisotopic (exact) mass is 495 g/mol. The molecule has 1 aromatic rings. The van der Waals surface area contributed by atoms with Gasteiger partial charge in [-0.05, 0) is 6.92 Å². The van der Waals surface area contributed by atoms with Crippen molar-refractivity contribution in [3.05, 3.63) is 35.9 Å². The van der Waals surface area contributed by atoms with E-state index in [4.69, 9.17) is 35.9 Å². The summed E-state index contributed by atoms with van der Waals surface area (Å²) in [6.45, 7) is 6.20. The highest BCUT2D eigenvalue weighted by molar-refractivity contribution is 7.80. The Labute approximate surface area is 203 Å². The van der Waals surface area contributed by atoms with Crippen LogP contribution in [0.15, 0.2) is 30.3 Å². The van der Waals surface area contributed by atoms with Gasteiger partial charge in [-0.25, -0.2) is 0 Å². The van der Waals surface area contributed by atoms with Crippen LogP contribution in [0.2, 0.25) is 0 Å². The molecule has 0 aromatic heterocycles. The predicted molar refractivity (Wildman–Crippen MR) is 122 cm³/mol. The van der Waals surface area contributed by atoms with Crippen LogP contribution in [0.4, 0.5) is 0 Å². The minimum absolute atomic E-state index is 0.199. The summed E-state index contributed by atoms with van der Waals surface area (Å²) in [6, 6.07) is 9.30. The van der Waals surface area contributed by atoms with Crippen LogP contribution in [-0.2, 0) is 42.9 Å². The Hall–Kier alpha value is -3.05. The van der Waals surface area contributed by atoms with Gasteiger partial charge in [-0.15, -0.1) is 0 Å². The van der Waals surface area contributed by atoms with Crippen LogP contribution < -0.4 is 0 Å². The predicted octanol–water partition coefficient (Wildman–Crippen LogP) is 2.09. The van der Waals surface area contributed by atoms with E-state index in [0.717, 1.165) is 19.4 Å². The number of esters is 4. The lowest BCUT2D eigenvalue weighted by molar-refractivity contribution is -0.200. The lowest BCUT2D eigenvalue weighted by Gasteiger charge is -2.34. The van der Waals surface area contributed by atoms with E-state index in [0.29, 0.717) is 4.99 Å². The zero-order chi connectivity index (χ0) is 25.4. The molecule has 186 valence electrons. The molecule has 34 heavy (non-hydrogen) atoms. The Bertz CT molecular complexity index is 907. The molecule has 1 heterocycles. The largest absolute Gasteiger partial charge is 0.462 e. The third-order valence-electron chi connectivity index (χ3n) is 4.88. The number of carbonyl (C=O) groups excluding carboxylic acids is 4. The Morgan fingerprint density at radius 2 is 1.53 bits per heavy atom. The van der Waals surface area contributed by atoms with Crippen molar-refractivity contribution < 1.29 is 42.9 Å². The summed E-state index contributed by atoms with van der Waals surface area (Å²) in [4.78, 5) is 49.5. The first-order chi connectivity index (χ1) is 16.0. The molecular weight excluding hydrogens is 466 g/mol. The van der Waals surface area contributed by atoms with Gasteiger partial charge in [0.1, 0.15) is 12.7 Å². The second-order valence-corrected chi connectivity index (χ2v) is 8.30. The highest BCUT2D eigenvalue weighted by Crippen LogP contribution is 2.34. The third-order valence-corrected chi connectivity index (χ3v) is 5.12. The molecule has 1 aromatic carbocycles. The zero-order valence-corrected chi connectivity index (χ0v) is 20.5. The van der Waals surface area contributed by atoms with Crippen molar-refractivity contribution >= 4 is 41.1 Å². The van der Waals surface area contributed by atoms with E-state index < -0.39 is 61.1 Å². The van der Waals surface area contributed by atoms with Crippen LogP contribution in [0.3, 0.4) is 0 Å². The topological polar surface area (TPSA) is 118 Å². The van der Waals surface area contributed by atoms with Gasteiger partial charge in [0.25, 0.3) is 0 Å². The van der Waals surface area contributed by atoms with E-state index in [2.05, 4.69) is 0 Å². The quantitative estimate of drug-likeness (QED) is 0.285. The van der Waals surface area contributed by atoms with Gasteiger partial charge in [0.2, 0.25) is 0 Å². The molecule has 1 aliphatic heterocycles. The number of benzene rings is 1. The van der Waals surface area contributed by atoms with Gasteiger partial charge in [0, 0.05) is 33.3 Å². The molecular formula is C23H29NO9S. The summed E-state index contributed by atoms with van der Waals surface area (Å²) in [5.41, 5.74) is 0.816. The summed E-state index contributed by atoms with van der Waals surface area (Å²) < 4.78 is 27.5. The molecule has 1 saturated heterocycles. The SMILES string of the molecule is CC(=O)OC[C@@H](OC(C)=O)[C@@H](OC(C)=O)[C@H](OC(C)=O)[C@@H]1CN(C(C)=S)[C@H](c2ccccc2)O1. The van der Waals surface area contributed by atoms with E-state index in [-0.39, 0.29) is 6.54 Å². The molecule has 0 aliphatic carbocycles. The molecule has 0 unspecified atom stereocenters. The summed E-state index contributed by atoms with van der Waals surface area (Å²) in [6.07, 6.45) is -5.19. The summed E-state index contributed by atoms with van der Waals surface area (Å²) >= 11 is 5.40. The first-order valence-corrected chi connectivity index (χ1v) is 11.0. The molecule has 1 fully saturated rings. The molecule has 5 atom stereocenters. The van der Waals surface area contributed by atoms with Crippen LogP contribution in [-0.4, -0.2) is 71.3 Å². The van der Waals surface area contributed by atoms with Crippen molar-refractivity contribution in [3.63, 3.8) is 0 Å². The van der Waals surface area contributed by atoms with Gasteiger partial charge >= 0.3 is 23.9 Å². The third kappa shape index (κ3) is 7.77. The number of ether oxygens (including phenoxy) is 5. The second-order valence-electron chi connectivity index (χ2n) is 7.71. The van der Waals surface area contributed by atoms with E-state index >= 15 is 0 Å². The molecule has 1 aliphatic rings. The molecule has 0 amide bonds. The molecule has 0 radical (unpaired) electrons. The maximum Gasteiger partial charge on any atom is 0.303 e. The smallest absolute Gasteiger partial charge is 0.303 e. The minimum atomic E-state index is -1.32. The fourth-order valence-electron chi connectivity index (χ4n) is 3.62. The number of hydrogen-bond acceptors (Lipinski definition) is 10. The number of thiocarbonyl (C=S) groups is 1. The van der Waals surface area contributed by atoms with Crippen molar-refractivity contribution in [2.75, 3.05) is 13.2 Å². The van der Waals surface area contributed by atoms with Gasteiger partial charge in [0.15, 0.2) is 24.5 Å². The second kappa shape index (κ2) is 12.4. The van der Waals surface area contributed by atoms with Crippen molar-refractivity contribution in [2.24, 2.45) is 0 Å². The van der Waals surface area contributed by atoms with Crippen molar-refractivity contribution in [1.82, 2.24) is 4.90 Å². The van der Waals surface area contributed by atoms with Gasteiger partial charge in [0.05, 0.1) is 11.5 Å². The van der Waals surface area contributed by atoms with Gasteiger partial charge in [-0.1, -0.05) is 42.5 Å². The minimum Gasteiger partial charge on any atom is -0.462 e. The van der Waals surface area contributed by atoms with Gasteiger partial charge in [-0.3, -0.25) is 19.2 Å². The summed E-state index contributed by atoms with van der Waals surface area (Å²) in [5, 5.41) is 0. The Kier molecular flexibility index (Phi) is 9.94. The van der Waals surface area contributed by atoms with Crippen molar-refractivity contribution in [2.45, 2.75) is 65.3 Å². The molecule has 10 nitrogen and oxygen atoms in total. The first-order valence-electron chi connectivity index (χ1n) is 10.6. The standard InChI is InChI=1S/C23H29NO9S/c1-13(34)24-11-19(33-23(24)18-9-7-6-8-10-18)21(31-16(4)27)22(32-17(5)28)20(30-15(3)26)12-29-14(2)25/h6-10,19-23H,11-12H2,1-5H3/t19-,20+,21+,22+,23-/m0/s1. The number of carbonyl (C=O) groups is 4. The number of nitrogens with zero attached hydrogens (tertiary/aromatic N) is 1. The highest BCUT2D eigenvalue weighted by atomic mass is 32.1. The van der Waals surface area contributed by atoms with Crippen LogP contribution in [0.1, 0.15) is 46.4 Å². The van der Waals surface area contributed by atoms with Crippen LogP contribution in [0.25, 0.3) is 0 Å². The summed E-state index contributed by atoms with van der Waals surface area (Å²) in [7, 11) is 0. The van der Waals surface area contributed by atoms with E-state index in [1.165, 1.54) is 13.8 Å². The van der Waals surface area contributed by atoms with Crippen LogP contribution >= 0.6 is 12.2 Å². The normalized spacial score (nSPS) is 20.0. The van der Waals surface area contributed by atoms with Crippen molar-refractivity contribution in [1.29, 1.82) is 0 Å². The molecule has 0 bridgehead atoms. The Balaban J connectivity index is 2.46. The Morgan fingerprint density at radius 3 is 2.03 bits per heavy atom. The average Bonchev–Trinajstić information content (AvgIpc) is 3.19. The first kappa shape index (κ1) is 27.2. The van der Waals surface area contributed by atoms with E-state index in [9.17, 15) is 19.2 Å². The fourth-order valence-corrected chi connectivity index (χ4v) is 3.79. The fraction of sp³-hybridized carbons (Fsp3) is 0.522. The Morgan fingerprint density at radius 1 is 0.941 bits per heavy atom. The number of rotatable bonds is 9. The van der Waals surface area contributed by atoms with Gasteiger partial charge < -0.3 is 28.6 Å². The molecule has 0 spiro atoms. The van der Waals surface area contributed by atoms with Crippen LogP contribution in [0, 0.1) is 0 Å². The van der Waals surface area contributed by atoms with Gasteiger partial charge in [-0.2, -0.15) is 0 Å². The maximum atomic E-state index is 12.0.